The molecular formula is C13H19ClN2O4S. The molecule has 118 valence electrons. The van der Waals surface area contributed by atoms with Crippen molar-refractivity contribution in [1.29, 1.82) is 0 Å². The van der Waals surface area contributed by atoms with Crippen molar-refractivity contribution >= 4 is 27.3 Å². The van der Waals surface area contributed by atoms with Crippen LogP contribution in [0.25, 0.3) is 0 Å². The van der Waals surface area contributed by atoms with Crippen LogP contribution < -0.4 is 5.73 Å². The Kier molecular flexibility index (Phi) is 4.79. The van der Waals surface area contributed by atoms with Crippen LogP contribution in [0.3, 0.4) is 0 Å². The number of anilines is 1. The van der Waals surface area contributed by atoms with Gasteiger partial charge in [-0.3, -0.25) is 0 Å². The van der Waals surface area contributed by atoms with Gasteiger partial charge in [-0.15, -0.1) is 0 Å². The summed E-state index contributed by atoms with van der Waals surface area (Å²) in [7, 11) is -3.70. The predicted molar refractivity (Wildman–Crippen MR) is 80.8 cm³/mol. The normalized spacial score (nSPS) is 24.2. The molecule has 1 saturated heterocycles. The van der Waals surface area contributed by atoms with E-state index in [1.807, 2.05) is 0 Å². The second-order valence-electron chi connectivity index (χ2n) is 5.21. The van der Waals surface area contributed by atoms with E-state index in [1.54, 1.807) is 13.8 Å². The fourth-order valence-corrected chi connectivity index (χ4v) is 4.39. The Morgan fingerprint density at radius 2 is 2.14 bits per heavy atom. The summed E-state index contributed by atoms with van der Waals surface area (Å²) in [6, 6.07) is 2.91. The molecule has 1 fully saturated rings. The van der Waals surface area contributed by atoms with Crippen LogP contribution in [0.5, 0.6) is 0 Å². The van der Waals surface area contributed by atoms with Gasteiger partial charge in [0, 0.05) is 13.1 Å². The van der Waals surface area contributed by atoms with Crippen molar-refractivity contribution in [2.75, 3.05) is 25.4 Å². The average Bonchev–Trinajstić information content (AvgIpc) is 2.41. The number of nitrogen functional groups attached to an aromatic ring is 1. The van der Waals surface area contributed by atoms with Crippen LogP contribution in [-0.2, 0) is 14.8 Å². The molecule has 1 aliphatic heterocycles. The van der Waals surface area contributed by atoms with Gasteiger partial charge in [0.05, 0.1) is 34.4 Å². The molecule has 0 bridgehead atoms. The predicted octanol–water partition coefficient (Wildman–Crippen LogP) is 1.00. The Balaban J connectivity index is 2.40. The zero-order chi connectivity index (χ0) is 15.8. The first-order valence-electron chi connectivity index (χ1n) is 6.57. The summed E-state index contributed by atoms with van der Waals surface area (Å²) in [5.74, 6) is 0. The van der Waals surface area contributed by atoms with E-state index in [1.165, 1.54) is 16.4 Å². The molecule has 1 aromatic rings. The van der Waals surface area contributed by atoms with E-state index < -0.39 is 16.1 Å². The first kappa shape index (κ1) is 16.5. The second kappa shape index (κ2) is 6.10. The molecule has 0 amide bonds. The molecular weight excluding hydrogens is 316 g/mol. The van der Waals surface area contributed by atoms with Gasteiger partial charge in [0.25, 0.3) is 0 Å². The number of nitrogens with two attached hydrogens (primary N) is 1. The number of hydrogen-bond donors (Lipinski definition) is 2. The third kappa shape index (κ3) is 3.32. The monoisotopic (exact) mass is 334 g/mol. The Hall–Kier alpha value is -0.860. The van der Waals surface area contributed by atoms with Crippen LogP contribution >= 0.6 is 11.6 Å². The fourth-order valence-electron chi connectivity index (χ4n) is 2.39. The lowest BCUT2D eigenvalue weighted by Crippen LogP contribution is -2.50. The highest BCUT2D eigenvalue weighted by molar-refractivity contribution is 7.89. The third-order valence-electron chi connectivity index (χ3n) is 3.41. The van der Waals surface area contributed by atoms with Crippen LogP contribution in [0.4, 0.5) is 5.69 Å². The van der Waals surface area contributed by atoms with Crippen LogP contribution in [0.1, 0.15) is 12.5 Å². The summed E-state index contributed by atoms with van der Waals surface area (Å²) in [6.07, 6.45) is -0.802. The number of rotatable bonds is 3. The van der Waals surface area contributed by atoms with Crippen molar-refractivity contribution in [3.63, 3.8) is 0 Å². The number of sulfonamides is 1. The van der Waals surface area contributed by atoms with E-state index in [-0.39, 0.29) is 36.4 Å². The summed E-state index contributed by atoms with van der Waals surface area (Å²) in [6.45, 7) is 3.57. The lowest BCUT2D eigenvalue weighted by atomic mass is 10.2. The minimum Gasteiger partial charge on any atom is -0.397 e. The molecule has 1 aromatic carbocycles. The SMILES string of the molecule is Cc1cc(Cl)c(N)cc1S(=O)(=O)N1CC(C)OC(CO)C1. The minimum atomic E-state index is -3.70. The number of aliphatic hydroxyl groups is 1. The summed E-state index contributed by atoms with van der Waals surface area (Å²) in [5, 5.41) is 9.54. The molecule has 0 spiro atoms. The van der Waals surface area contributed by atoms with E-state index in [0.717, 1.165) is 0 Å². The van der Waals surface area contributed by atoms with Crippen LogP contribution in [0, 0.1) is 6.92 Å². The van der Waals surface area contributed by atoms with Crippen LogP contribution in [0.15, 0.2) is 17.0 Å². The molecule has 2 rings (SSSR count). The maximum Gasteiger partial charge on any atom is 0.243 e. The largest absolute Gasteiger partial charge is 0.397 e. The number of aliphatic hydroxyl groups excluding tert-OH is 1. The Morgan fingerprint density at radius 3 is 2.76 bits per heavy atom. The molecule has 0 radical (unpaired) electrons. The van der Waals surface area contributed by atoms with Crippen LogP contribution in [0.2, 0.25) is 5.02 Å². The summed E-state index contributed by atoms with van der Waals surface area (Å²) >= 11 is 5.90. The maximum atomic E-state index is 12.8. The quantitative estimate of drug-likeness (QED) is 0.804. The molecule has 3 N–H and O–H groups in total. The van der Waals surface area contributed by atoms with E-state index in [9.17, 15) is 13.5 Å². The maximum absolute atomic E-state index is 12.8. The molecule has 8 heteroatoms. The van der Waals surface area contributed by atoms with E-state index in [2.05, 4.69) is 0 Å². The standard InChI is InChI=1S/C13H19ClN2O4S/c1-8-3-11(14)12(15)4-13(8)21(18,19)16-5-9(2)20-10(6-16)7-17/h3-4,9-10,17H,5-7,15H2,1-2H3. The van der Waals surface area contributed by atoms with Crippen molar-refractivity contribution in [1.82, 2.24) is 4.31 Å². The molecule has 0 aromatic heterocycles. The number of halogens is 1. The molecule has 2 unspecified atom stereocenters. The first-order valence-corrected chi connectivity index (χ1v) is 8.39. The Labute approximate surface area is 129 Å². The number of aryl methyl sites for hydroxylation is 1. The third-order valence-corrected chi connectivity index (χ3v) is 5.71. The average molecular weight is 335 g/mol. The Morgan fingerprint density at radius 1 is 1.48 bits per heavy atom. The lowest BCUT2D eigenvalue weighted by Gasteiger charge is -2.35. The molecule has 0 aliphatic carbocycles. The number of benzene rings is 1. The highest BCUT2D eigenvalue weighted by Crippen LogP contribution is 2.29. The lowest BCUT2D eigenvalue weighted by molar-refractivity contribution is -0.0750. The van der Waals surface area contributed by atoms with Gasteiger partial charge in [-0.25, -0.2) is 8.42 Å². The van der Waals surface area contributed by atoms with E-state index >= 15 is 0 Å². The molecule has 2 atom stereocenters. The molecule has 0 saturated carbocycles. The van der Waals surface area contributed by atoms with E-state index in [0.29, 0.717) is 10.6 Å². The van der Waals surface area contributed by atoms with Gasteiger partial charge in [0.2, 0.25) is 10.0 Å². The highest BCUT2D eigenvalue weighted by atomic mass is 35.5. The van der Waals surface area contributed by atoms with Gasteiger partial charge in [-0.1, -0.05) is 11.6 Å². The first-order chi connectivity index (χ1) is 9.75. The van der Waals surface area contributed by atoms with Gasteiger partial charge in [-0.2, -0.15) is 4.31 Å². The number of hydrogen-bond acceptors (Lipinski definition) is 5. The van der Waals surface area contributed by atoms with Gasteiger partial charge >= 0.3 is 0 Å². The topological polar surface area (TPSA) is 92.9 Å². The summed E-state index contributed by atoms with van der Waals surface area (Å²) in [4.78, 5) is 0.134. The molecule has 1 heterocycles. The van der Waals surface area contributed by atoms with Crippen molar-refractivity contribution in [3.8, 4) is 0 Å². The van der Waals surface area contributed by atoms with Crippen molar-refractivity contribution in [2.24, 2.45) is 0 Å². The molecule has 6 nitrogen and oxygen atoms in total. The molecule has 21 heavy (non-hydrogen) atoms. The minimum absolute atomic E-state index is 0.116. The van der Waals surface area contributed by atoms with Gasteiger partial charge < -0.3 is 15.6 Å². The zero-order valence-electron chi connectivity index (χ0n) is 11.9. The van der Waals surface area contributed by atoms with Crippen molar-refractivity contribution in [3.05, 3.63) is 22.7 Å². The van der Waals surface area contributed by atoms with Crippen molar-refractivity contribution in [2.45, 2.75) is 31.0 Å². The summed E-state index contributed by atoms with van der Waals surface area (Å²) in [5.41, 5.74) is 6.48. The number of morpholine rings is 1. The smallest absolute Gasteiger partial charge is 0.243 e. The van der Waals surface area contributed by atoms with Gasteiger partial charge in [0.1, 0.15) is 0 Å². The van der Waals surface area contributed by atoms with Gasteiger partial charge in [0.15, 0.2) is 0 Å². The number of ether oxygens (including phenoxy) is 1. The van der Waals surface area contributed by atoms with Gasteiger partial charge in [-0.05, 0) is 31.5 Å². The van der Waals surface area contributed by atoms with Crippen molar-refractivity contribution < 1.29 is 18.3 Å². The molecule has 1 aliphatic rings. The van der Waals surface area contributed by atoms with E-state index in [4.69, 9.17) is 22.1 Å². The second-order valence-corrected chi connectivity index (χ2v) is 7.53. The fraction of sp³-hybridized carbons (Fsp3) is 0.538. The number of nitrogens with zero attached hydrogens (tertiary/aromatic N) is 1. The Bertz CT molecular complexity index is 635. The zero-order valence-corrected chi connectivity index (χ0v) is 13.5. The van der Waals surface area contributed by atoms with Crippen LogP contribution in [-0.4, -0.2) is 49.7 Å². The summed E-state index contributed by atoms with van der Waals surface area (Å²) < 4.78 is 32.3. The highest BCUT2D eigenvalue weighted by Gasteiger charge is 2.34.